The van der Waals surface area contributed by atoms with Gasteiger partial charge in [-0.3, -0.25) is 4.90 Å². The Labute approximate surface area is 192 Å². The molecule has 0 saturated carbocycles. The number of likely N-dealkylation sites (N-methyl/N-ethyl adjacent to an activating group) is 1. The fourth-order valence-corrected chi connectivity index (χ4v) is 3.96. The van der Waals surface area contributed by atoms with E-state index in [9.17, 15) is 0 Å². The Morgan fingerprint density at radius 1 is 1.21 bits per heavy atom. The van der Waals surface area contributed by atoms with E-state index in [0.29, 0.717) is 12.6 Å². The first kappa shape index (κ1) is 23.7. The van der Waals surface area contributed by atoms with Gasteiger partial charge in [0.2, 0.25) is 0 Å². The molecular weight excluding hydrogens is 475 g/mol. The molecule has 0 amide bonds. The quantitative estimate of drug-likeness (QED) is 0.336. The van der Waals surface area contributed by atoms with Gasteiger partial charge in [0.1, 0.15) is 12.4 Å². The largest absolute Gasteiger partial charge is 0.357 e. The Bertz CT molecular complexity index is 741. The molecule has 1 aromatic carbocycles. The number of halogens is 1. The molecule has 0 aliphatic carbocycles. The number of hydrogen-bond donors (Lipinski definition) is 1. The topological polar surface area (TPSA) is 48.7 Å². The van der Waals surface area contributed by atoms with Gasteiger partial charge >= 0.3 is 0 Å². The average molecular weight is 510 g/mol. The summed E-state index contributed by atoms with van der Waals surface area (Å²) in [5.41, 5.74) is 1.28. The SMILES string of the molecule is CCNC(=NCc1nccn1Cc1ccccc1)N1CCC(N(CC)CC)C1.I. The highest BCUT2D eigenvalue weighted by atomic mass is 127. The van der Waals surface area contributed by atoms with Crippen molar-refractivity contribution in [2.75, 3.05) is 32.7 Å². The highest BCUT2D eigenvalue weighted by molar-refractivity contribution is 14.0. The van der Waals surface area contributed by atoms with Crippen LogP contribution in [-0.4, -0.2) is 64.1 Å². The summed E-state index contributed by atoms with van der Waals surface area (Å²) in [4.78, 5) is 14.4. The average Bonchev–Trinajstić information content (AvgIpc) is 3.37. The zero-order chi connectivity index (χ0) is 19.8. The number of imidazole rings is 1. The van der Waals surface area contributed by atoms with Crippen molar-refractivity contribution in [3.63, 3.8) is 0 Å². The molecule has 0 spiro atoms. The number of aromatic nitrogens is 2. The van der Waals surface area contributed by atoms with Crippen molar-refractivity contribution in [3.05, 3.63) is 54.1 Å². The first-order chi connectivity index (χ1) is 13.7. The molecule has 1 aliphatic heterocycles. The van der Waals surface area contributed by atoms with Crippen molar-refractivity contribution >= 4 is 29.9 Å². The van der Waals surface area contributed by atoms with Gasteiger partial charge in [-0.15, -0.1) is 24.0 Å². The Kier molecular flexibility index (Phi) is 9.93. The van der Waals surface area contributed by atoms with Crippen LogP contribution in [0.3, 0.4) is 0 Å². The Balaban J connectivity index is 0.00000300. The molecule has 1 saturated heterocycles. The van der Waals surface area contributed by atoms with Crippen molar-refractivity contribution < 1.29 is 0 Å². The van der Waals surface area contributed by atoms with Crippen LogP contribution in [0.5, 0.6) is 0 Å². The Hall–Kier alpha value is -1.61. The number of hydrogen-bond acceptors (Lipinski definition) is 3. The maximum atomic E-state index is 4.92. The van der Waals surface area contributed by atoms with Gasteiger partial charge in [-0.05, 0) is 32.0 Å². The van der Waals surface area contributed by atoms with Crippen LogP contribution in [0.25, 0.3) is 0 Å². The summed E-state index contributed by atoms with van der Waals surface area (Å²) in [5, 5.41) is 3.47. The predicted molar refractivity (Wildman–Crippen MR) is 131 cm³/mol. The second kappa shape index (κ2) is 12.2. The van der Waals surface area contributed by atoms with Gasteiger partial charge < -0.3 is 14.8 Å². The van der Waals surface area contributed by atoms with Gasteiger partial charge in [0.25, 0.3) is 0 Å². The van der Waals surface area contributed by atoms with Crippen LogP contribution >= 0.6 is 24.0 Å². The van der Waals surface area contributed by atoms with Crippen LogP contribution in [0, 0.1) is 0 Å². The summed E-state index contributed by atoms with van der Waals surface area (Å²) in [6.07, 6.45) is 5.11. The predicted octanol–water partition coefficient (Wildman–Crippen LogP) is 3.43. The molecule has 0 radical (unpaired) electrons. The maximum Gasteiger partial charge on any atom is 0.194 e. The number of nitrogens with one attached hydrogen (secondary N) is 1. The number of rotatable bonds is 8. The van der Waals surface area contributed by atoms with Gasteiger partial charge in [-0.1, -0.05) is 44.2 Å². The standard InChI is InChI=1S/C22H34N6.HI/c1-4-23-22(28-14-12-20(18-28)26(5-2)6-3)25-16-21-24-13-15-27(21)17-19-10-8-7-9-11-19;/h7-11,13,15,20H,4-6,12,14,16-18H2,1-3H3,(H,23,25);1H. The van der Waals surface area contributed by atoms with Gasteiger partial charge in [0.05, 0.1) is 0 Å². The van der Waals surface area contributed by atoms with Crippen LogP contribution in [0.4, 0.5) is 0 Å². The van der Waals surface area contributed by atoms with E-state index < -0.39 is 0 Å². The fraction of sp³-hybridized carbons (Fsp3) is 0.545. The normalized spacial score (nSPS) is 16.9. The van der Waals surface area contributed by atoms with E-state index in [0.717, 1.165) is 51.1 Å². The second-order valence-corrected chi connectivity index (χ2v) is 7.24. The van der Waals surface area contributed by atoms with E-state index in [1.54, 1.807) is 0 Å². The lowest BCUT2D eigenvalue weighted by atomic mass is 10.2. The van der Waals surface area contributed by atoms with Gasteiger partial charge in [-0.2, -0.15) is 0 Å². The van der Waals surface area contributed by atoms with Gasteiger partial charge in [-0.25, -0.2) is 9.98 Å². The van der Waals surface area contributed by atoms with Crippen molar-refractivity contribution in [2.24, 2.45) is 4.99 Å². The van der Waals surface area contributed by atoms with Crippen molar-refractivity contribution in [3.8, 4) is 0 Å². The molecule has 1 N–H and O–H groups in total. The zero-order valence-electron chi connectivity index (χ0n) is 17.9. The molecular formula is C22H35IN6. The molecule has 3 rings (SSSR count). The minimum Gasteiger partial charge on any atom is -0.357 e. The number of nitrogens with zero attached hydrogens (tertiary/aromatic N) is 5. The first-order valence-electron chi connectivity index (χ1n) is 10.6. The summed E-state index contributed by atoms with van der Waals surface area (Å²) in [5.74, 6) is 2.00. The van der Waals surface area contributed by atoms with Crippen LogP contribution in [0.1, 0.15) is 38.6 Å². The van der Waals surface area contributed by atoms with E-state index in [-0.39, 0.29) is 24.0 Å². The van der Waals surface area contributed by atoms with Crippen LogP contribution in [0.15, 0.2) is 47.7 Å². The third-order valence-corrected chi connectivity index (χ3v) is 5.49. The van der Waals surface area contributed by atoms with E-state index in [1.807, 2.05) is 18.5 Å². The minimum atomic E-state index is 0. The van der Waals surface area contributed by atoms with E-state index in [2.05, 4.69) is 69.7 Å². The number of guanidine groups is 1. The molecule has 1 aliphatic rings. The number of likely N-dealkylation sites (tertiary alicyclic amines) is 1. The molecule has 1 unspecified atom stereocenters. The minimum absolute atomic E-state index is 0. The summed E-state index contributed by atoms with van der Waals surface area (Å²) < 4.78 is 2.19. The first-order valence-corrected chi connectivity index (χ1v) is 10.6. The molecule has 1 fully saturated rings. The maximum absolute atomic E-state index is 4.92. The molecule has 7 heteroatoms. The highest BCUT2D eigenvalue weighted by Gasteiger charge is 2.28. The van der Waals surface area contributed by atoms with E-state index >= 15 is 0 Å². The van der Waals surface area contributed by atoms with E-state index in [4.69, 9.17) is 4.99 Å². The number of aliphatic imine (C=N–C) groups is 1. The molecule has 160 valence electrons. The zero-order valence-corrected chi connectivity index (χ0v) is 20.3. The molecule has 1 aromatic heterocycles. The summed E-state index contributed by atoms with van der Waals surface area (Å²) in [6, 6.07) is 11.1. The third kappa shape index (κ3) is 6.44. The molecule has 0 bridgehead atoms. The van der Waals surface area contributed by atoms with Crippen LogP contribution < -0.4 is 5.32 Å². The smallest absolute Gasteiger partial charge is 0.194 e. The number of benzene rings is 1. The third-order valence-electron chi connectivity index (χ3n) is 5.49. The van der Waals surface area contributed by atoms with Gasteiger partial charge in [0.15, 0.2) is 5.96 Å². The van der Waals surface area contributed by atoms with Crippen molar-refractivity contribution in [1.29, 1.82) is 0 Å². The lowest BCUT2D eigenvalue weighted by molar-refractivity contribution is 0.223. The summed E-state index contributed by atoms with van der Waals surface area (Å²) >= 11 is 0. The molecule has 6 nitrogen and oxygen atoms in total. The molecule has 2 aromatic rings. The molecule has 29 heavy (non-hydrogen) atoms. The lowest BCUT2D eigenvalue weighted by Crippen LogP contribution is -2.43. The molecule has 1 atom stereocenters. The highest BCUT2D eigenvalue weighted by Crippen LogP contribution is 2.16. The van der Waals surface area contributed by atoms with Gasteiger partial charge in [0, 0.05) is 44.6 Å². The lowest BCUT2D eigenvalue weighted by Gasteiger charge is -2.27. The second-order valence-electron chi connectivity index (χ2n) is 7.24. The van der Waals surface area contributed by atoms with Crippen LogP contribution in [0.2, 0.25) is 0 Å². The fourth-order valence-electron chi connectivity index (χ4n) is 3.96. The Morgan fingerprint density at radius 2 is 1.97 bits per heavy atom. The Morgan fingerprint density at radius 3 is 2.66 bits per heavy atom. The summed E-state index contributed by atoms with van der Waals surface area (Å²) in [6.45, 7) is 13.3. The van der Waals surface area contributed by atoms with E-state index in [1.165, 1.54) is 12.0 Å². The van der Waals surface area contributed by atoms with Crippen molar-refractivity contribution in [2.45, 2.75) is 46.3 Å². The van der Waals surface area contributed by atoms with Crippen molar-refractivity contribution in [1.82, 2.24) is 24.7 Å². The molecule has 2 heterocycles. The summed E-state index contributed by atoms with van der Waals surface area (Å²) in [7, 11) is 0. The monoisotopic (exact) mass is 510 g/mol. The van der Waals surface area contributed by atoms with Crippen LogP contribution in [-0.2, 0) is 13.1 Å².